The van der Waals surface area contributed by atoms with Gasteiger partial charge in [0.15, 0.2) is 0 Å². The van der Waals surface area contributed by atoms with Crippen LogP contribution in [0.25, 0.3) is 0 Å². The molecule has 0 fully saturated rings. The summed E-state index contributed by atoms with van der Waals surface area (Å²) in [5.74, 6) is -1.09. The fourth-order valence-electron chi connectivity index (χ4n) is 1.42. The Morgan fingerprint density at radius 2 is 1.81 bits per heavy atom. The SMILES string of the molecule is CC(O)CCNCCc1cc(F)cc(F)c1. The molecule has 2 nitrogen and oxygen atoms in total. The van der Waals surface area contributed by atoms with E-state index in [1.807, 2.05) is 0 Å². The summed E-state index contributed by atoms with van der Waals surface area (Å²) in [6, 6.07) is 3.53. The lowest BCUT2D eigenvalue weighted by atomic mass is 10.1. The van der Waals surface area contributed by atoms with Crippen molar-refractivity contribution in [2.75, 3.05) is 13.1 Å². The Morgan fingerprint density at radius 3 is 2.38 bits per heavy atom. The molecule has 16 heavy (non-hydrogen) atoms. The maximum atomic E-state index is 12.8. The largest absolute Gasteiger partial charge is 0.393 e. The number of benzene rings is 1. The zero-order valence-corrected chi connectivity index (χ0v) is 9.34. The molecule has 0 spiro atoms. The van der Waals surface area contributed by atoms with Crippen molar-refractivity contribution in [3.8, 4) is 0 Å². The van der Waals surface area contributed by atoms with Gasteiger partial charge in [-0.25, -0.2) is 8.78 Å². The Labute approximate surface area is 94.3 Å². The lowest BCUT2D eigenvalue weighted by Crippen LogP contribution is -2.21. The maximum absolute atomic E-state index is 12.8. The third kappa shape index (κ3) is 5.19. The molecular formula is C12H17F2NO. The molecule has 0 aliphatic carbocycles. The van der Waals surface area contributed by atoms with Gasteiger partial charge in [0, 0.05) is 6.07 Å². The minimum Gasteiger partial charge on any atom is -0.393 e. The van der Waals surface area contributed by atoms with Gasteiger partial charge in [-0.05, 0) is 50.6 Å². The minimum absolute atomic E-state index is 0.320. The number of halogens is 2. The maximum Gasteiger partial charge on any atom is 0.126 e. The highest BCUT2D eigenvalue weighted by Gasteiger charge is 2.00. The number of hydrogen-bond donors (Lipinski definition) is 2. The van der Waals surface area contributed by atoms with Gasteiger partial charge >= 0.3 is 0 Å². The molecule has 1 aromatic rings. The Hall–Kier alpha value is -1.00. The molecule has 0 aliphatic rings. The molecule has 1 aromatic carbocycles. The third-order valence-corrected chi connectivity index (χ3v) is 2.25. The summed E-state index contributed by atoms with van der Waals surface area (Å²) in [5.41, 5.74) is 0.641. The normalized spacial score (nSPS) is 12.8. The van der Waals surface area contributed by atoms with Crippen LogP contribution in [-0.4, -0.2) is 24.3 Å². The van der Waals surface area contributed by atoms with Crippen LogP contribution in [0.1, 0.15) is 18.9 Å². The van der Waals surface area contributed by atoms with Crippen LogP contribution in [0.5, 0.6) is 0 Å². The summed E-state index contributed by atoms with van der Waals surface area (Å²) in [4.78, 5) is 0. The van der Waals surface area contributed by atoms with Crippen molar-refractivity contribution in [3.63, 3.8) is 0 Å². The Balaban J connectivity index is 2.26. The number of nitrogens with one attached hydrogen (secondary N) is 1. The van der Waals surface area contributed by atoms with Crippen LogP contribution in [0.4, 0.5) is 8.78 Å². The van der Waals surface area contributed by atoms with Crippen molar-refractivity contribution in [1.82, 2.24) is 5.32 Å². The monoisotopic (exact) mass is 229 g/mol. The fraction of sp³-hybridized carbons (Fsp3) is 0.500. The molecule has 0 saturated heterocycles. The van der Waals surface area contributed by atoms with Crippen LogP contribution in [0.15, 0.2) is 18.2 Å². The summed E-state index contributed by atoms with van der Waals surface area (Å²) < 4.78 is 25.6. The van der Waals surface area contributed by atoms with Crippen LogP contribution in [0.2, 0.25) is 0 Å². The first-order valence-corrected chi connectivity index (χ1v) is 5.41. The lowest BCUT2D eigenvalue weighted by molar-refractivity contribution is 0.184. The molecule has 0 aliphatic heterocycles. The molecule has 0 radical (unpaired) electrons. The van der Waals surface area contributed by atoms with Crippen molar-refractivity contribution in [1.29, 1.82) is 0 Å². The van der Waals surface area contributed by atoms with Gasteiger partial charge in [0.25, 0.3) is 0 Å². The van der Waals surface area contributed by atoms with Crippen molar-refractivity contribution in [2.24, 2.45) is 0 Å². The van der Waals surface area contributed by atoms with Crippen LogP contribution in [0.3, 0.4) is 0 Å². The van der Waals surface area contributed by atoms with Crippen molar-refractivity contribution < 1.29 is 13.9 Å². The van der Waals surface area contributed by atoms with Crippen LogP contribution in [-0.2, 0) is 6.42 Å². The predicted molar refractivity (Wildman–Crippen MR) is 59.2 cm³/mol. The van der Waals surface area contributed by atoms with Crippen LogP contribution in [0, 0.1) is 11.6 Å². The van der Waals surface area contributed by atoms with Crippen molar-refractivity contribution in [2.45, 2.75) is 25.9 Å². The smallest absolute Gasteiger partial charge is 0.126 e. The Morgan fingerprint density at radius 1 is 1.19 bits per heavy atom. The second-order valence-corrected chi connectivity index (χ2v) is 3.92. The molecule has 2 N–H and O–H groups in total. The molecule has 0 amide bonds. The van der Waals surface area contributed by atoms with Gasteiger partial charge in [-0.2, -0.15) is 0 Å². The first-order valence-electron chi connectivity index (χ1n) is 5.41. The van der Waals surface area contributed by atoms with Crippen molar-refractivity contribution in [3.05, 3.63) is 35.4 Å². The zero-order valence-electron chi connectivity index (χ0n) is 9.34. The summed E-state index contributed by atoms with van der Waals surface area (Å²) in [7, 11) is 0. The molecule has 1 unspecified atom stereocenters. The molecule has 0 heterocycles. The van der Waals surface area contributed by atoms with Crippen molar-refractivity contribution >= 4 is 0 Å². The van der Waals surface area contributed by atoms with E-state index in [1.54, 1.807) is 6.92 Å². The average Bonchev–Trinajstić information content (AvgIpc) is 2.15. The minimum atomic E-state index is -0.543. The van der Waals surface area contributed by atoms with E-state index in [-0.39, 0.29) is 6.10 Å². The highest BCUT2D eigenvalue weighted by atomic mass is 19.1. The molecular weight excluding hydrogens is 212 g/mol. The molecule has 0 saturated carbocycles. The van der Waals surface area contributed by atoms with Gasteiger partial charge in [0.05, 0.1) is 6.10 Å². The highest BCUT2D eigenvalue weighted by Crippen LogP contribution is 2.07. The molecule has 1 atom stereocenters. The topological polar surface area (TPSA) is 32.3 Å². The van der Waals surface area contributed by atoms with E-state index in [0.717, 1.165) is 6.07 Å². The lowest BCUT2D eigenvalue weighted by Gasteiger charge is -2.06. The van der Waals surface area contributed by atoms with E-state index in [9.17, 15) is 8.78 Å². The third-order valence-electron chi connectivity index (χ3n) is 2.25. The van der Waals surface area contributed by atoms with Gasteiger partial charge in [-0.15, -0.1) is 0 Å². The summed E-state index contributed by atoms with van der Waals surface area (Å²) in [6.07, 6.45) is 0.936. The predicted octanol–water partition coefficient (Wildman–Crippen LogP) is 1.87. The zero-order chi connectivity index (χ0) is 12.0. The molecule has 90 valence electrons. The quantitative estimate of drug-likeness (QED) is 0.730. The van der Waals surface area contributed by atoms with E-state index in [2.05, 4.69) is 5.32 Å². The standard InChI is InChI=1S/C12H17F2NO/c1-9(16)2-4-15-5-3-10-6-11(13)8-12(14)7-10/h6-9,15-16H,2-5H2,1H3. The number of rotatable bonds is 6. The van der Waals surface area contributed by atoms with Gasteiger partial charge in [0.2, 0.25) is 0 Å². The first kappa shape index (κ1) is 13.1. The van der Waals surface area contributed by atoms with Gasteiger partial charge < -0.3 is 10.4 Å². The molecule has 1 rings (SSSR count). The number of aliphatic hydroxyl groups excluding tert-OH is 1. The Kier molecular flexibility index (Phi) is 5.35. The van der Waals surface area contributed by atoms with Gasteiger partial charge in [0.1, 0.15) is 11.6 Å². The van der Waals surface area contributed by atoms with E-state index in [1.165, 1.54) is 12.1 Å². The van der Waals surface area contributed by atoms with Crippen LogP contribution < -0.4 is 5.32 Å². The van der Waals surface area contributed by atoms with E-state index in [0.29, 0.717) is 31.5 Å². The van der Waals surface area contributed by atoms with Gasteiger partial charge in [-0.1, -0.05) is 0 Å². The van der Waals surface area contributed by atoms with Crippen LogP contribution >= 0.6 is 0 Å². The number of hydrogen-bond acceptors (Lipinski definition) is 2. The second kappa shape index (κ2) is 6.55. The Bertz CT molecular complexity index is 309. The summed E-state index contributed by atoms with van der Waals surface area (Å²) in [6.45, 7) is 3.08. The van der Waals surface area contributed by atoms with E-state index in [4.69, 9.17) is 5.11 Å². The first-order chi connectivity index (χ1) is 7.58. The number of aliphatic hydroxyl groups is 1. The molecule has 4 heteroatoms. The van der Waals surface area contributed by atoms with Gasteiger partial charge in [-0.3, -0.25) is 0 Å². The fourth-order valence-corrected chi connectivity index (χ4v) is 1.42. The summed E-state index contributed by atoms with van der Waals surface area (Å²) >= 11 is 0. The van der Waals surface area contributed by atoms with E-state index < -0.39 is 11.6 Å². The van der Waals surface area contributed by atoms with E-state index >= 15 is 0 Å². The highest BCUT2D eigenvalue weighted by molar-refractivity contribution is 5.18. The average molecular weight is 229 g/mol. The molecule has 0 bridgehead atoms. The summed E-state index contributed by atoms with van der Waals surface area (Å²) in [5, 5.41) is 12.1. The second-order valence-electron chi connectivity index (χ2n) is 3.92. The molecule has 0 aromatic heterocycles.